The minimum Gasteiger partial charge on any atom is -0.441 e. The number of piperidine rings is 1. The SMILES string of the molecule is OC(C1CCN(CCCc2nc3ccccc3o2)CC1)C(F)(F)F. The minimum absolute atomic E-state index is 0.379. The van der Waals surface area contributed by atoms with Gasteiger partial charge in [-0.15, -0.1) is 0 Å². The fourth-order valence-electron chi connectivity index (χ4n) is 3.24. The lowest BCUT2D eigenvalue weighted by Gasteiger charge is -2.34. The van der Waals surface area contributed by atoms with Gasteiger partial charge in [-0.2, -0.15) is 13.2 Å². The minimum atomic E-state index is -4.51. The number of rotatable bonds is 5. The Morgan fingerprint density at radius 2 is 1.96 bits per heavy atom. The van der Waals surface area contributed by atoms with Crippen LogP contribution < -0.4 is 0 Å². The fourth-order valence-corrected chi connectivity index (χ4v) is 3.24. The van der Waals surface area contributed by atoms with Crippen LogP contribution in [-0.4, -0.2) is 46.9 Å². The summed E-state index contributed by atoms with van der Waals surface area (Å²) in [5.74, 6) is 0.0110. The number of aromatic nitrogens is 1. The Hall–Kier alpha value is -1.60. The first-order chi connectivity index (χ1) is 11.4. The molecule has 24 heavy (non-hydrogen) atoms. The van der Waals surface area contributed by atoms with E-state index in [2.05, 4.69) is 9.88 Å². The number of likely N-dealkylation sites (tertiary alicyclic amines) is 1. The van der Waals surface area contributed by atoms with Gasteiger partial charge in [0.2, 0.25) is 0 Å². The molecule has 2 heterocycles. The van der Waals surface area contributed by atoms with E-state index in [9.17, 15) is 18.3 Å². The first kappa shape index (κ1) is 17.2. The Balaban J connectivity index is 1.42. The molecule has 1 aromatic carbocycles. The van der Waals surface area contributed by atoms with Gasteiger partial charge in [0, 0.05) is 6.42 Å². The van der Waals surface area contributed by atoms with Crippen LogP contribution in [0.4, 0.5) is 13.2 Å². The van der Waals surface area contributed by atoms with E-state index in [0.29, 0.717) is 38.2 Å². The maximum absolute atomic E-state index is 12.5. The van der Waals surface area contributed by atoms with Crippen molar-refractivity contribution in [3.05, 3.63) is 30.2 Å². The van der Waals surface area contributed by atoms with Crippen LogP contribution in [-0.2, 0) is 6.42 Å². The molecule has 3 rings (SSSR count). The lowest BCUT2D eigenvalue weighted by molar-refractivity contribution is -0.223. The fraction of sp³-hybridized carbons (Fsp3) is 0.588. The Kier molecular flexibility index (Phi) is 5.10. The molecule has 1 atom stereocenters. The van der Waals surface area contributed by atoms with Gasteiger partial charge in [-0.25, -0.2) is 4.98 Å². The van der Waals surface area contributed by atoms with Crippen molar-refractivity contribution in [2.75, 3.05) is 19.6 Å². The summed E-state index contributed by atoms with van der Waals surface area (Å²) in [7, 11) is 0. The summed E-state index contributed by atoms with van der Waals surface area (Å²) < 4.78 is 43.2. The van der Waals surface area contributed by atoms with Crippen molar-refractivity contribution < 1.29 is 22.7 Å². The van der Waals surface area contributed by atoms with Gasteiger partial charge in [-0.1, -0.05) is 12.1 Å². The van der Waals surface area contributed by atoms with Gasteiger partial charge in [0.05, 0.1) is 0 Å². The zero-order valence-electron chi connectivity index (χ0n) is 13.3. The second kappa shape index (κ2) is 7.11. The zero-order chi connectivity index (χ0) is 17.2. The molecule has 1 aromatic heterocycles. The lowest BCUT2D eigenvalue weighted by Crippen LogP contribution is -2.43. The van der Waals surface area contributed by atoms with Gasteiger partial charge in [0.15, 0.2) is 17.6 Å². The summed E-state index contributed by atoms with van der Waals surface area (Å²) in [5, 5.41) is 9.33. The number of aliphatic hydroxyl groups excluding tert-OH is 1. The van der Waals surface area contributed by atoms with E-state index in [1.165, 1.54) is 0 Å². The molecule has 1 N–H and O–H groups in total. The molecule has 0 radical (unpaired) electrons. The van der Waals surface area contributed by atoms with Crippen molar-refractivity contribution in [1.29, 1.82) is 0 Å². The Morgan fingerprint density at radius 3 is 2.62 bits per heavy atom. The first-order valence-electron chi connectivity index (χ1n) is 8.25. The number of alkyl halides is 3. The number of para-hydroxylation sites is 2. The highest BCUT2D eigenvalue weighted by atomic mass is 19.4. The van der Waals surface area contributed by atoms with Crippen LogP contribution >= 0.6 is 0 Å². The quantitative estimate of drug-likeness (QED) is 0.905. The molecule has 0 amide bonds. The summed E-state index contributed by atoms with van der Waals surface area (Å²) in [6, 6.07) is 7.59. The van der Waals surface area contributed by atoms with Gasteiger partial charge in [0.1, 0.15) is 5.52 Å². The van der Waals surface area contributed by atoms with Crippen molar-refractivity contribution in [1.82, 2.24) is 9.88 Å². The van der Waals surface area contributed by atoms with E-state index in [-0.39, 0.29) is 0 Å². The monoisotopic (exact) mass is 342 g/mol. The van der Waals surface area contributed by atoms with Crippen molar-refractivity contribution in [3.63, 3.8) is 0 Å². The molecule has 4 nitrogen and oxygen atoms in total. The summed E-state index contributed by atoms with van der Waals surface area (Å²) in [6.45, 7) is 1.98. The van der Waals surface area contributed by atoms with Crippen LogP contribution in [0.3, 0.4) is 0 Å². The van der Waals surface area contributed by atoms with E-state index in [1.807, 2.05) is 24.3 Å². The topological polar surface area (TPSA) is 49.5 Å². The Bertz CT molecular complexity index is 630. The van der Waals surface area contributed by atoms with E-state index < -0.39 is 18.2 Å². The van der Waals surface area contributed by atoms with Crippen LogP contribution in [0.15, 0.2) is 28.7 Å². The van der Waals surface area contributed by atoms with Crippen molar-refractivity contribution in [3.8, 4) is 0 Å². The summed E-state index contributed by atoms with van der Waals surface area (Å²) in [6.07, 6.45) is -4.40. The summed E-state index contributed by atoms with van der Waals surface area (Å²) in [4.78, 5) is 6.56. The molecule has 0 saturated carbocycles. The summed E-state index contributed by atoms with van der Waals surface area (Å²) >= 11 is 0. The molecule has 1 fully saturated rings. The number of fused-ring (bicyclic) bond motifs is 1. The highest BCUT2D eigenvalue weighted by molar-refractivity contribution is 5.72. The number of aliphatic hydroxyl groups is 1. The highest BCUT2D eigenvalue weighted by Gasteiger charge is 2.44. The van der Waals surface area contributed by atoms with E-state index in [1.54, 1.807) is 0 Å². The average molecular weight is 342 g/mol. The molecular weight excluding hydrogens is 321 g/mol. The van der Waals surface area contributed by atoms with Gasteiger partial charge in [0.25, 0.3) is 0 Å². The number of nitrogens with zero attached hydrogens (tertiary/aromatic N) is 2. The zero-order valence-corrected chi connectivity index (χ0v) is 13.3. The molecule has 0 aliphatic carbocycles. The molecule has 0 bridgehead atoms. The molecule has 1 aliphatic heterocycles. The van der Waals surface area contributed by atoms with Crippen molar-refractivity contribution in [2.24, 2.45) is 5.92 Å². The van der Waals surface area contributed by atoms with Crippen LogP contribution in [0.5, 0.6) is 0 Å². The van der Waals surface area contributed by atoms with Crippen LogP contribution in [0, 0.1) is 5.92 Å². The number of halogens is 3. The lowest BCUT2D eigenvalue weighted by atomic mass is 9.91. The maximum Gasteiger partial charge on any atom is 0.414 e. The van der Waals surface area contributed by atoms with E-state index >= 15 is 0 Å². The number of oxazole rings is 1. The first-order valence-corrected chi connectivity index (χ1v) is 8.25. The Morgan fingerprint density at radius 1 is 1.25 bits per heavy atom. The summed E-state index contributed by atoms with van der Waals surface area (Å²) in [5.41, 5.74) is 1.61. The normalized spacial score (nSPS) is 19.0. The number of hydrogen-bond donors (Lipinski definition) is 1. The predicted octanol–water partition coefficient (Wildman–Crippen LogP) is 3.40. The van der Waals surface area contributed by atoms with Gasteiger partial charge >= 0.3 is 6.18 Å². The van der Waals surface area contributed by atoms with E-state index in [0.717, 1.165) is 24.1 Å². The van der Waals surface area contributed by atoms with Crippen molar-refractivity contribution >= 4 is 11.1 Å². The highest BCUT2D eigenvalue weighted by Crippen LogP contribution is 2.31. The third kappa shape index (κ3) is 4.08. The molecule has 2 aromatic rings. The molecule has 1 saturated heterocycles. The van der Waals surface area contributed by atoms with Gasteiger partial charge in [-0.3, -0.25) is 0 Å². The molecule has 132 valence electrons. The number of hydrogen-bond acceptors (Lipinski definition) is 4. The second-order valence-electron chi connectivity index (χ2n) is 6.34. The Labute approximate surface area is 138 Å². The second-order valence-corrected chi connectivity index (χ2v) is 6.34. The molecule has 0 spiro atoms. The van der Waals surface area contributed by atoms with E-state index in [4.69, 9.17) is 4.42 Å². The van der Waals surface area contributed by atoms with Crippen molar-refractivity contribution in [2.45, 2.75) is 38.0 Å². The van der Waals surface area contributed by atoms with Crippen LogP contribution in [0.2, 0.25) is 0 Å². The third-order valence-electron chi connectivity index (χ3n) is 4.62. The van der Waals surface area contributed by atoms with Gasteiger partial charge in [-0.05, 0) is 56.9 Å². The maximum atomic E-state index is 12.5. The molecule has 7 heteroatoms. The smallest absolute Gasteiger partial charge is 0.414 e. The molecule has 1 unspecified atom stereocenters. The molecular formula is C17H21F3N2O2. The average Bonchev–Trinajstić information content (AvgIpc) is 2.96. The predicted molar refractivity (Wildman–Crippen MR) is 83.6 cm³/mol. The standard InChI is InChI=1S/C17H21F3N2O2/c18-17(19,20)16(23)12-7-10-22(11-8-12)9-3-6-15-21-13-4-1-2-5-14(13)24-15/h1-2,4-5,12,16,23H,3,6-11H2. The van der Waals surface area contributed by atoms with Gasteiger partial charge < -0.3 is 14.4 Å². The number of aryl methyl sites for hydroxylation is 1. The largest absolute Gasteiger partial charge is 0.441 e. The van der Waals surface area contributed by atoms with Crippen LogP contribution in [0.25, 0.3) is 11.1 Å². The number of benzene rings is 1. The van der Waals surface area contributed by atoms with Crippen LogP contribution in [0.1, 0.15) is 25.2 Å². The third-order valence-corrected chi connectivity index (χ3v) is 4.62. The molecule has 1 aliphatic rings.